The molecule has 2 rings (SSSR count). The van der Waals surface area contributed by atoms with Gasteiger partial charge in [0.1, 0.15) is 22.8 Å². The zero-order valence-corrected chi connectivity index (χ0v) is 15.4. The standard InChI is InChI=1S/C20H26O6/c1-13-7-6-10-16(22)9-5-3-4-8-15-11-17(23)12-18(26-14(2)21)19(15)20(24)25-13/h11-13,23H,3-10H2,1-2H3/t13-/m1/s1. The van der Waals surface area contributed by atoms with E-state index in [1.54, 1.807) is 6.92 Å². The van der Waals surface area contributed by atoms with E-state index in [1.807, 2.05) is 0 Å². The molecule has 0 saturated heterocycles. The summed E-state index contributed by atoms with van der Waals surface area (Å²) in [6.07, 6.45) is 4.91. The number of aromatic hydroxyl groups is 1. The van der Waals surface area contributed by atoms with Gasteiger partial charge in [0.15, 0.2) is 0 Å². The number of cyclic esters (lactones) is 1. The van der Waals surface area contributed by atoms with Gasteiger partial charge in [0.25, 0.3) is 0 Å². The van der Waals surface area contributed by atoms with E-state index < -0.39 is 11.9 Å². The maximum absolute atomic E-state index is 12.7. The van der Waals surface area contributed by atoms with Crippen LogP contribution in [0.2, 0.25) is 0 Å². The number of hydrogen-bond donors (Lipinski definition) is 1. The van der Waals surface area contributed by atoms with Crippen molar-refractivity contribution in [2.24, 2.45) is 0 Å². The van der Waals surface area contributed by atoms with E-state index in [-0.39, 0.29) is 28.9 Å². The lowest BCUT2D eigenvalue weighted by Gasteiger charge is -2.18. The van der Waals surface area contributed by atoms with Gasteiger partial charge in [-0.15, -0.1) is 0 Å². The number of rotatable bonds is 1. The Morgan fingerprint density at radius 1 is 1.12 bits per heavy atom. The van der Waals surface area contributed by atoms with Crippen LogP contribution in [0.3, 0.4) is 0 Å². The summed E-state index contributed by atoms with van der Waals surface area (Å²) in [7, 11) is 0. The Hall–Kier alpha value is -2.37. The van der Waals surface area contributed by atoms with Crippen LogP contribution in [0, 0.1) is 0 Å². The van der Waals surface area contributed by atoms with E-state index in [9.17, 15) is 19.5 Å². The quantitative estimate of drug-likeness (QED) is 0.605. The second-order valence-electron chi connectivity index (χ2n) is 6.78. The Labute approximate surface area is 153 Å². The molecule has 0 unspecified atom stereocenters. The Morgan fingerprint density at radius 2 is 1.81 bits per heavy atom. The summed E-state index contributed by atoms with van der Waals surface area (Å²) in [5.41, 5.74) is 0.778. The van der Waals surface area contributed by atoms with Crippen molar-refractivity contribution in [2.45, 2.75) is 71.3 Å². The molecular weight excluding hydrogens is 336 g/mol. The van der Waals surface area contributed by atoms with E-state index in [0.717, 1.165) is 19.3 Å². The monoisotopic (exact) mass is 362 g/mol. The SMILES string of the molecule is CC(=O)Oc1cc(O)cc2c1C(=O)O[C@H](C)CCCC(=O)CCCCC2. The smallest absolute Gasteiger partial charge is 0.342 e. The maximum atomic E-state index is 12.7. The lowest BCUT2D eigenvalue weighted by Crippen LogP contribution is -2.19. The molecule has 1 aromatic carbocycles. The minimum Gasteiger partial charge on any atom is -0.508 e. The summed E-state index contributed by atoms with van der Waals surface area (Å²) in [5.74, 6) is -0.955. The number of carbonyl (C=O) groups is 3. The van der Waals surface area contributed by atoms with Crippen LogP contribution in [0.5, 0.6) is 11.5 Å². The molecule has 26 heavy (non-hydrogen) atoms. The van der Waals surface area contributed by atoms with Crippen molar-refractivity contribution < 1.29 is 29.0 Å². The zero-order chi connectivity index (χ0) is 19.1. The Bertz CT molecular complexity index is 679. The van der Waals surface area contributed by atoms with Crippen LogP contribution in [0.15, 0.2) is 12.1 Å². The van der Waals surface area contributed by atoms with Gasteiger partial charge < -0.3 is 14.6 Å². The van der Waals surface area contributed by atoms with Crippen LogP contribution in [0.4, 0.5) is 0 Å². The van der Waals surface area contributed by atoms with E-state index in [2.05, 4.69) is 0 Å². The molecule has 1 aliphatic heterocycles. The van der Waals surface area contributed by atoms with Gasteiger partial charge in [-0.2, -0.15) is 0 Å². The van der Waals surface area contributed by atoms with Crippen molar-refractivity contribution in [2.75, 3.05) is 0 Å². The molecule has 1 heterocycles. The van der Waals surface area contributed by atoms with Crippen LogP contribution in [-0.4, -0.2) is 28.9 Å². The molecule has 0 bridgehead atoms. The largest absolute Gasteiger partial charge is 0.508 e. The number of phenols is 1. The highest BCUT2D eigenvalue weighted by Crippen LogP contribution is 2.31. The van der Waals surface area contributed by atoms with Gasteiger partial charge in [0.05, 0.1) is 6.10 Å². The molecule has 0 radical (unpaired) electrons. The number of benzene rings is 1. The number of phenolic OH excluding ortho intramolecular Hbond substituents is 1. The molecule has 6 heteroatoms. The van der Waals surface area contributed by atoms with Gasteiger partial charge in [0.2, 0.25) is 0 Å². The first-order chi connectivity index (χ1) is 12.4. The van der Waals surface area contributed by atoms with Crippen molar-refractivity contribution in [3.05, 3.63) is 23.3 Å². The average Bonchev–Trinajstić information content (AvgIpc) is 2.52. The van der Waals surface area contributed by atoms with Crippen LogP contribution in [0.25, 0.3) is 0 Å². The molecule has 1 aromatic rings. The average molecular weight is 362 g/mol. The Balaban J connectivity index is 2.34. The summed E-state index contributed by atoms with van der Waals surface area (Å²) < 4.78 is 10.6. The summed E-state index contributed by atoms with van der Waals surface area (Å²) in [5, 5.41) is 9.94. The fraction of sp³-hybridized carbons (Fsp3) is 0.550. The lowest BCUT2D eigenvalue weighted by molar-refractivity contribution is -0.131. The van der Waals surface area contributed by atoms with Gasteiger partial charge in [-0.25, -0.2) is 4.79 Å². The Kier molecular flexibility index (Phi) is 7.18. The maximum Gasteiger partial charge on any atom is 0.342 e. The highest BCUT2D eigenvalue weighted by Gasteiger charge is 2.23. The van der Waals surface area contributed by atoms with E-state index >= 15 is 0 Å². The summed E-state index contributed by atoms with van der Waals surface area (Å²) in [6.45, 7) is 3.02. The van der Waals surface area contributed by atoms with E-state index in [1.165, 1.54) is 19.1 Å². The van der Waals surface area contributed by atoms with Crippen molar-refractivity contribution in [3.63, 3.8) is 0 Å². The number of ether oxygens (including phenoxy) is 2. The van der Waals surface area contributed by atoms with Gasteiger partial charge in [-0.3, -0.25) is 9.59 Å². The van der Waals surface area contributed by atoms with Gasteiger partial charge in [-0.1, -0.05) is 6.42 Å². The fourth-order valence-electron chi connectivity index (χ4n) is 3.15. The van der Waals surface area contributed by atoms with Gasteiger partial charge in [0, 0.05) is 25.8 Å². The predicted molar refractivity (Wildman–Crippen MR) is 95.3 cm³/mol. The molecule has 142 valence electrons. The normalized spacial score (nSPS) is 19.8. The summed E-state index contributed by atoms with van der Waals surface area (Å²) in [4.78, 5) is 35.9. The molecule has 1 N–H and O–H groups in total. The van der Waals surface area contributed by atoms with Crippen molar-refractivity contribution >= 4 is 17.7 Å². The molecule has 0 aliphatic carbocycles. The molecule has 1 aliphatic rings. The third kappa shape index (κ3) is 5.86. The third-order valence-corrected chi connectivity index (χ3v) is 4.40. The zero-order valence-electron chi connectivity index (χ0n) is 15.4. The van der Waals surface area contributed by atoms with Crippen molar-refractivity contribution in [3.8, 4) is 11.5 Å². The second kappa shape index (κ2) is 9.36. The molecule has 0 saturated carbocycles. The van der Waals surface area contributed by atoms with Crippen molar-refractivity contribution in [1.82, 2.24) is 0 Å². The van der Waals surface area contributed by atoms with Crippen LogP contribution >= 0.6 is 0 Å². The number of carbonyl (C=O) groups excluding carboxylic acids is 3. The molecular formula is C20H26O6. The van der Waals surface area contributed by atoms with Crippen LogP contribution in [-0.2, 0) is 20.7 Å². The first kappa shape index (κ1) is 19.9. The molecule has 0 amide bonds. The lowest BCUT2D eigenvalue weighted by atomic mass is 9.98. The second-order valence-corrected chi connectivity index (χ2v) is 6.78. The fourth-order valence-corrected chi connectivity index (χ4v) is 3.15. The van der Waals surface area contributed by atoms with Gasteiger partial charge in [-0.05, 0) is 50.7 Å². The van der Waals surface area contributed by atoms with Crippen molar-refractivity contribution in [1.29, 1.82) is 0 Å². The molecule has 0 fully saturated rings. The van der Waals surface area contributed by atoms with Crippen LogP contribution in [0.1, 0.15) is 74.7 Å². The molecule has 6 nitrogen and oxygen atoms in total. The number of fused-ring (bicyclic) bond motifs is 1. The topological polar surface area (TPSA) is 89.9 Å². The highest BCUT2D eigenvalue weighted by molar-refractivity contribution is 5.95. The Morgan fingerprint density at radius 3 is 2.54 bits per heavy atom. The first-order valence-electron chi connectivity index (χ1n) is 9.14. The first-order valence-corrected chi connectivity index (χ1v) is 9.14. The number of Topliss-reactive ketones (excluding diaryl/α,β-unsaturated/α-hetero) is 1. The number of esters is 2. The number of hydrogen-bond acceptors (Lipinski definition) is 6. The molecule has 0 aromatic heterocycles. The summed E-state index contributed by atoms with van der Waals surface area (Å²) >= 11 is 0. The third-order valence-electron chi connectivity index (χ3n) is 4.40. The predicted octanol–water partition coefficient (Wildman–Crippen LogP) is 3.72. The van der Waals surface area contributed by atoms with Gasteiger partial charge >= 0.3 is 11.9 Å². The molecule has 1 atom stereocenters. The highest BCUT2D eigenvalue weighted by atomic mass is 16.6. The van der Waals surface area contributed by atoms with E-state index in [4.69, 9.17) is 9.47 Å². The molecule has 0 spiro atoms. The number of ketones is 1. The summed E-state index contributed by atoms with van der Waals surface area (Å²) in [6, 6.07) is 2.76. The number of aryl methyl sites for hydroxylation is 1. The van der Waals surface area contributed by atoms with E-state index in [0.29, 0.717) is 37.7 Å². The minimum atomic E-state index is -0.577. The van der Waals surface area contributed by atoms with Crippen LogP contribution < -0.4 is 4.74 Å². The minimum absolute atomic E-state index is 0.0203.